The van der Waals surface area contributed by atoms with Gasteiger partial charge in [-0.15, -0.1) is 11.3 Å². The minimum absolute atomic E-state index is 0.0897. The Bertz CT molecular complexity index is 746. The summed E-state index contributed by atoms with van der Waals surface area (Å²) in [7, 11) is 0. The van der Waals surface area contributed by atoms with Gasteiger partial charge in [-0.3, -0.25) is 19.7 Å². The van der Waals surface area contributed by atoms with Gasteiger partial charge >= 0.3 is 0 Å². The molecule has 0 saturated carbocycles. The first-order valence-corrected chi connectivity index (χ1v) is 8.55. The first kappa shape index (κ1) is 18.5. The molecule has 0 radical (unpaired) electrons. The van der Waals surface area contributed by atoms with Crippen molar-refractivity contribution in [1.29, 1.82) is 0 Å². The summed E-state index contributed by atoms with van der Waals surface area (Å²) >= 11 is 1.29. The van der Waals surface area contributed by atoms with Crippen LogP contribution in [0, 0.1) is 10.1 Å². The van der Waals surface area contributed by atoms with Gasteiger partial charge in [0.25, 0.3) is 11.6 Å². The quantitative estimate of drug-likeness (QED) is 0.602. The van der Waals surface area contributed by atoms with Gasteiger partial charge in [-0.25, -0.2) is 4.98 Å². The van der Waals surface area contributed by atoms with Gasteiger partial charge in [0.1, 0.15) is 6.54 Å². The zero-order valence-corrected chi connectivity index (χ0v) is 14.7. The summed E-state index contributed by atoms with van der Waals surface area (Å²) in [6.45, 7) is 3.64. The standard InChI is InChI=1S/C16H18N4O4S/c1-3-11(2)19(10-14(21)18-16-17-8-9-25-16)15(22)12-4-6-13(7-5-12)20(23)24/h4-9,11H,3,10H2,1-2H3,(H,17,18,21). The summed E-state index contributed by atoms with van der Waals surface area (Å²) in [5, 5.41) is 15.6. The summed E-state index contributed by atoms with van der Waals surface area (Å²) < 4.78 is 0. The fourth-order valence-electron chi connectivity index (χ4n) is 2.14. The van der Waals surface area contributed by atoms with Gasteiger partial charge in [-0.2, -0.15) is 0 Å². The molecule has 8 nitrogen and oxygen atoms in total. The van der Waals surface area contributed by atoms with Crippen LogP contribution in [0.3, 0.4) is 0 Å². The number of anilines is 1. The molecule has 0 bridgehead atoms. The van der Waals surface area contributed by atoms with Crippen molar-refractivity contribution in [3.05, 3.63) is 51.5 Å². The summed E-state index contributed by atoms with van der Waals surface area (Å²) in [6, 6.07) is 5.18. The topological polar surface area (TPSA) is 105 Å². The Morgan fingerprint density at radius 1 is 1.36 bits per heavy atom. The van der Waals surface area contributed by atoms with E-state index >= 15 is 0 Å². The Morgan fingerprint density at radius 3 is 2.56 bits per heavy atom. The highest BCUT2D eigenvalue weighted by Gasteiger charge is 2.24. The maximum absolute atomic E-state index is 12.7. The van der Waals surface area contributed by atoms with Crippen LogP contribution in [0.15, 0.2) is 35.8 Å². The van der Waals surface area contributed by atoms with Crippen LogP contribution in [0.25, 0.3) is 0 Å². The van der Waals surface area contributed by atoms with Crippen LogP contribution < -0.4 is 5.32 Å². The SMILES string of the molecule is CCC(C)N(CC(=O)Nc1nccs1)C(=O)c1ccc([N+](=O)[O-])cc1. The van der Waals surface area contributed by atoms with E-state index in [4.69, 9.17) is 0 Å². The van der Waals surface area contributed by atoms with Gasteiger partial charge in [0.15, 0.2) is 5.13 Å². The molecule has 0 aliphatic carbocycles. The molecule has 0 aliphatic heterocycles. The first-order chi connectivity index (χ1) is 11.9. The average molecular weight is 362 g/mol. The highest BCUT2D eigenvalue weighted by Crippen LogP contribution is 2.16. The lowest BCUT2D eigenvalue weighted by molar-refractivity contribution is -0.384. The first-order valence-electron chi connectivity index (χ1n) is 7.67. The molecule has 9 heteroatoms. The van der Waals surface area contributed by atoms with Crippen LogP contribution in [0.2, 0.25) is 0 Å². The van der Waals surface area contributed by atoms with Crippen molar-refractivity contribution in [2.45, 2.75) is 26.3 Å². The van der Waals surface area contributed by atoms with Gasteiger partial charge in [-0.05, 0) is 25.5 Å². The predicted molar refractivity (Wildman–Crippen MR) is 94.6 cm³/mol. The van der Waals surface area contributed by atoms with Crippen LogP contribution in [0.1, 0.15) is 30.6 Å². The third kappa shape index (κ3) is 4.83. The van der Waals surface area contributed by atoms with Gasteiger partial charge in [0.05, 0.1) is 4.92 Å². The third-order valence-electron chi connectivity index (χ3n) is 3.70. The number of nitro groups is 1. The fraction of sp³-hybridized carbons (Fsp3) is 0.312. The Kier molecular flexibility index (Phi) is 6.18. The number of amides is 2. The van der Waals surface area contributed by atoms with Gasteiger partial charge in [0.2, 0.25) is 5.91 Å². The number of nitrogens with one attached hydrogen (secondary N) is 1. The van der Waals surface area contributed by atoms with Crippen molar-refractivity contribution in [2.24, 2.45) is 0 Å². The Balaban J connectivity index is 2.13. The smallest absolute Gasteiger partial charge is 0.269 e. The van der Waals surface area contributed by atoms with Crippen molar-refractivity contribution < 1.29 is 14.5 Å². The number of thiazole rings is 1. The summed E-state index contributed by atoms with van der Waals surface area (Å²) in [5.74, 6) is -0.691. The summed E-state index contributed by atoms with van der Waals surface area (Å²) in [5.41, 5.74) is 0.209. The van der Waals surface area contributed by atoms with Crippen LogP contribution in [0.5, 0.6) is 0 Å². The number of carbonyl (C=O) groups is 2. The molecule has 132 valence electrons. The van der Waals surface area contributed by atoms with E-state index in [0.717, 1.165) is 0 Å². The molecular weight excluding hydrogens is 344 g/mol. The molecule has 0 saturated heterocycles. The van der Waals surface area contributed by atoms with Crippen molar-refractivity contribution >= 4 is 34.0 Å². The normalized spacial score (nSPS) is 11.6. The van der Waals surface area contributed by atoms with Crippen molar-refractivity contribution in [3.63, 3.8) is 0 Å². The average Bonchev–Trinajstić information content (AvgIpc) is 3.11. The Labute approximate surface area is 148 Å². The number of nitro benzene ring substituents is 1. The van der Waals surface area contributed by atoms with Crippen molar-refractivity contribution in [3.8, 4) is 0 Å². The molecule has 0 fully saturated rings. The van der Waals surface area contributed by atoms with Crippen LogP contribution >= 0.6 is 11.3 Å². The maximum atomic E-state index is 12.7. The number of benzene rings is 1. The number of aromatic nitrogens is 1. The van der Waals surface area contributed by atoms with Crippen molar-refractivity contribution in [2.75, 3.05) is 11.9 Å². The molecule has 2 amide bonds. The number of carbonyl (C=O) groups excluding carboxylic acids is 2. The fourth-order valence-corrected chi connectivity index (χ4v) is 2.68. The maximum Gasteiger partial charge on any atom is 0.269 e. The molecule has 0 spiro atoms. The zero-order chi connectivity index (χ0) is 18.4. The van der Waals surface area contributed by atoms with Gasteiger partial charge in [-0.1, -0.05) is 6.92 Å². The molecule has 2 rings (SSSR count). The van der Waals surface area contributed by atoms with E-state index in [1.807, 2.05) is 13.8 Å². The molecule has 25 heavy (non-hydrogen) atoms. The van der Waals surface area contributed by atoms with E-state index in [0.29, 0.717) is 17.1 Å². The van der Waals surface area contributed by atoms with E-state index in [1.165, 1.54) is 40.5 Å². The Hall–Kier alpha value is -2.81. The van der Waals surface area contributed by atoms with Gasteiger partial charge in [0, 0.05) is 35.3 Å². The minimum Gasteiger partial charge on any atom is -0.327 e. The van der Waals surface area contributed by atoms with E-state index in [-0.39, 0.29) is 30.1 Å². The van der Waals surface area contributed by atoms with Crippen LogP contribution in [0.4, 0.5) is 10.8 Å². The molecule has 0 aliphatic rings. The molecule has 1 aromatic carbocycles. The molecule has 1 unspecified atom stereocenters. The lowest BCUT2D eigenvalue weighted by atomic mass is 10.1. The lowest BCUT2D eigenvalue weighted by Crippen LogP contribution is -2.43. The molecule has 1 N–H and O–H groups in total. The number of hydrogen-bond donors (Lipinski definition) is 1. The lowest BCUT2D eigenvalue weighted by Gasteiger charge is -2.28. The Morgan fingerprint density at radius 2 is 2.04 bits per heavy atom. The van der Waals surface area contributed by atoms with Crippen molar-refractivity contribution in [1.82, 2.24) is 9.88 Å². The predicted octanol–water partition coefficient (Wildman–Crippen LogP) is 2.93. The second-order valence-electron chi connectivity index (χ2n) is 5.38. The molecule has 1 heterocycles. The highest BCUT2D eigenvalue weighted by molar-refractivity contribution is 7.13. The second-order valence-corrected chi connectivity index (χ2v) is 6.27. The monoisotopic (exact) mass is 362 g/mol. The number of hydrogen-bond acceptors (Lipinski definition) is 6. The van der Waals surface area contributed by atoms with E-state index < -0.39 is 4.92 Å². The summed E-state index contributed by atoms with van der Waals surface area (Å²) in [6.07, 6.45) is 2.25. The third-order valence-corrected chi connectivity index (χ3v) is 4.39. The molecule has 2 aromatic rings. The van der Waals surface area contributed by atoms with Crippen LogP contribution in [-0.4, -0.2) is 39.2 Å². The van der Waals surface area contributed by atoms with Crippen LogP contribution in [-0.2, 0) is 4.79 Å². The number of non-ortho nitro benzene ring substituents is 1. The number of nitrogens with zero attached hydrogens (tertiary/aromatic N) is 3. The van der Waals surface area contributed by atoms with E-state index in [9.17, 15) is 19.7 Å². The number of rotatable bonds is 7. The zero-order valence-electron chi connectivity index (χ0n) is 13.8. The highest BCUT2D eigenvalue weighted by atomic mass is 32.1. The minimum atomic E-state index is -0.526. The molecule has 1 aromatic heterocycles. The largest absolute Gasteiger partial charge is 0.327 e. The van der Waals surface area contributed by atoms with E-state index in [1.54, 1.807) is 11.6 Å². The summed E-state index contributed by atoms with van der Waals surface area (Å²) in [4.78, 5) is 40.5. The van der Waals surface area contributed by atoms with E-state index in [2.05, 4.69) is 10.3 Å². The van der Waals surface area contributed by atoms with Gasteiger partial charge < -0.3 is 10.2 Å². The molecule has 1 atom stereocenters. The molecular formula is C16H18N4O4S. The second kappa shape index (κ2) is 8.34.